The molecule has 1 N–H and O–H groups in total. The van der Waals surface area contributed by atoms with Crippen LogP contribution >= 0.6 is 7.92 Å². The standard InChI is InChI=1S/C17H26NO2P/c1-13(2)17(12-18,9-6-10-19)14-7-8-16(21(4)5)15(11-14)20-3/h7-8,11,13,19H,6,9-10H2,1-5H3. The summed E-state index contributed by atoms with van der Waals surface area (Å²) in [6, 6.07) is 8.66. The van der Waals surface area contributed by atoms with Gasteiger partial charge in [-0.3, -0.25) is 0 Å². The normalized spacial score (nSPS) is 14.0. The monoisotopic (exact) mass is 307 g/mol. The van der Waals surface area contributed by atoms with Crippen molar-refractivity contribution >= 4 is 13.2 Å². The molecule has 0 amide bonds. The van der Waals surface area contributed by atoms with E-state index in [0.717, 1.165) is 11.3 Å². The van der Waals surface area contributed by atoms with Crippen LogP contribution in [0.1, 0.15) is 32.3 Å². The predicted octanol–water partition coefficient (Wildman–Crippen LogP) is 3.25. The summed E-state index contributed by atoms with van der Waals surface area (Å²) >= 11 is 0. The van der Waals surface area contributed by atoms with Crippen LogP contribution in [0.3, 0.4) is 0 Å². The average molecular weight is 307 g/mol. The number of nitrogens with zero attached hydrogens (tertiary/aromatic N) is 1. The largest absolute Gasteiger partial charge is 0.496 e. The number of hydrogen-bond donors (Lipinski definition) is 1. The van der Waals surface area contributed by atoms with Crippen molar-refractivity contribution in [3.8, 4) is 11.8 Å². The minimum atomic E-state index is -0.571. The van der Waals surface area contributed by atoms with Gasteiger partial charge in [0, 0.05) is 11.9 Å². The molecule has 21 heavy (non-hydrogen) atoms. The van der Waals surface area contributed by atoms with E-state index >= 15 is 0 Å². The summed E-state index contributed by atoms with van der Waals surface area (Å²) in [6.07, 6.45) is 1.29. The molecule has 116 valence electrons. The fraction of sp³-hybridized carbons (Fsp3) is 0.588. The van der Waals surface area contributed by atoms with Gasteiger partial charge >= 0.3 is 0 Å². The topological polar surface area (TPSA) is 53.2 Å². The second-order valence-corrected chi connectivity index (χ2v) is 8.12. The summed E-state index contributed by atoms with van der Waals surface area (Å²) in [4.78, 5) is 0. The fourth-order valence-electron chi connectivity index (χ4n) is 2.70. The predicted molar refractivity (Wildman–Crippen MR) is 89.8 cm³/mol. The highest BCUT2D eigenvalue weighted by Crippen LogP contribution is 2.39. The van der Waals surface area contributed by atoms with Crippen molar-refractivity contribution in [2.75, 3.05) is 27.0 Å². The zero-order chi connectivity index (χ0) is 16.0. The molecule has 0 radical (unpaired) electrons. The number of methoxy groups -OCH3 is 1. The first kappa shape index (κ1) is 18.0. The molecule has 0 fully saturated rings. The van der Waals surface area contributed by atoms with E-state index in [1.165, 1.54) is 5.30 Å². The highest BCUT2D eigenvalue weighted by Gasteiger charge is 2.36. The maximum atomic E-state index is 9.80. The van der Waals surface area contributed by atoms with Crippen LogP contribution in [0.4, 0.5) is 0 Å². The maximum absolute atomic E-state index is 9.80. The number of ether oxygens (including phenoxy) is 1. The molecule has 0 aliphatic rings. The lowest BCUT2D eigenvalue weighted by Crippen LogP contribution is -2.31. The fourth-order valence-corrected chi connectivity index (χ4v) is 3.67. The molecule has 1 rings (SSSR count). The summed E-state index contributed by atoms with van der Waals surface area (Å²) in [5.74, 6) is 1.04. The molecule has 4 heteroatoms. The third-order valence-electron chi connectivity index (χ3n) is 4.09. The van der Waals surface area contributed by atoms with Gasteiger partial charge in [-0.1, -0.05) is 33.9 Å². The summed E-state index contributed by atoms with van der Waals surface area (Å²) in [5.41, 5.74) is 0.421. The van der Waals surface area contributed by atoms with E-state index in [9.17, 15) is 5.26 Å². The smallest absolute Gasteiger partial charge is 0.126 e. The van der Waals surface area contributed by atoms with Crippen LogP contribution < -0.4 is 10.0 Å². The van der Waals surface area contributed by atoms with Gasteiger partial charge in [0.25, 0.3) is 0 Å². The lowest BCUT2D eigenvalue weighted by Gasteiger charge is -2.32. The van der Waals surface area contributed by atoms with Gasteiger partial charge in [-0.15, -0.1) is 0 Å². The van der Waals surface area contributed by atoms with E-state index in [2.05, 4.69) is 45.4 Å². The van der Waals surface area contributed by atoms with Crippen LogP contribution in [0.5, 0.6) is 5.75 Å². The van der Waals surface area contributed by atoms with Crippen molar-refractivity contribution in [2.24, 2.45) is 5.92 Å². The molecule has 3 nitrogen and oxygen atoms in total. The Hall–Kier alpha value is -1.10. The second kappa shape index (κ2) is 7.78. The van der Waals surface area contributed by atoms with Gasteiger partial charge in [-0.2, -0.15) is 5.26 Å². The molecule has 1 aromatic rings. The van der Waals surface area contributed by atoms with Gasteiger partial charge < -0.3 is 9.84 Å². The van der Waals surface area contributed by atoms with Crippen molar-refractivity contribution in [3.63, 3.8) is 0 Å². The summed E-state index contributed by atoms with van der Waals surface area (Å²) < 4.78 is 5.53. The van der Waals surface area contributed by atoms with Crippen molar-refractivity contribution in [1.29, 1.82) is 5.26 Å². The molecule has 0 heterocycles. The number of rotatable bonds is 7. The van der Waals surface area contributed by atoms with Crippen LogP contribution in [0.15, 0.2) is 18.2 Å². The van der Waals surface area contributed by atoms with Gasteiger partial charge in [0.1, 0.15) is 5.75 Å². The SMILES string of the molecule is COc1cc(C(C#N)(CCCO)C(C)C)ccc1P(C)C. The van der Waals surface area contributed by atoms with Gasteiger partial charge in [-0.25, -0.2) is 0 Å². The zero-order valence-electron chi connectivity index (χ0n) is 13.7. The van der Waals surface area contributed by atoms with E-state index in [0.29, 0.717) is 12.8 Å². The third kappa shape index (κ3) is 3.76. The third-order valence-corrected chi connectivity index (χ3v) is 5.42. The minimum Gasteiger partial charge on any atom is -0.496 e. The zero-order valence-corrected chi connectivity index (χ0v) is 14.6. The molecule has 0 spiro atoms. The highest BCUT2D eigenvalue weighted by atomic mass is 31.1. The Kier molecular flexibility index (Phi) is 6.65. The quantitative estimate of drug-likeness (QED) is 0.787. The van der Waals surface area contributed by atoms with Crippen LogP contribution in [-0.2, 0) is 5.41 Å². The molecule has 0 aromatic heterocycles. The summed E-state index contributed by atoms with van der Waals surface area (Å²) in [7, 11) is 1.43. The first-order valence-corrected chi connectivity index (χ1v) is 9.54. The second-order valence-electron chi connectivity index (χ2n) is 5.85. The van der Waals surface area contributed by atoms with E-state index < -0.39 is 5.41 Å². The van der Waals surface area contributed by atoms with Crippen molar-refractivity contribution in [3.05, 3.63) is 23.8 Å². The Morgan fingerprint density at radius 3 is 2.48 bits per heavy atom. The lowest BCUT2D eigenvalue weighted by atomic mass is 9.70. The van der Waals surface area contributed by atoms with Crippen molar-refractivity contribution < 1.29 is 9.84 Å². The van der Waals surface area contributed by atoms with Gasteiger partial charge in [0.05, 0.1) is 18.6 Å². The Bertz CT molecular complexity index is 508. The highest BCUT2D eigenvalue weighted by molar-refractivity contribution is 7.64. The molecule has 0 aliphatic heterocycles. The molecule has 0 aliphatic carbocycles. The van der Waals surface area contributed by atoms with Gasteiger partial charge in [0.2, 0.25) is 0 Å². The molecular formula is C17H26NO2P. The number of hydrogen-bond acceptors (Lipinski definition) is 3. The first-order valence-electron chi connectivity index (χ1n) is 7.31. The van der Waals surface area contributed by atoms with Crippen molar-refractivity contribution in [2.45, 2.75) is 32.1 Å². The van der Waals surface area contributed by atoms with Crippen molar-refractivity contribution in [1.82, 2.24) is 0 Å². The average Bonchev–Trinajstić information content (AvgIpc) is 2.47. The molecule has 0 saturated carbocycles. The Morgan fingerprint density at radius 1 is 1.38 bits per heavy atom. The summed E-state index contributed by atoms with van der Waals surface area (Å²) in [5, 5.41) is 20.2. The molecule has 0 saturated heterocycles. The van der Waals surface area contributed by atoms with E-state index in [4.69, 9.17) is 9.84 Å². The van der Waals surface area contributed by atoms with E-state index in [-0.39, 0.29) is 20.4 Å². The summed E-state index contributed by atoms with van der Waals surface area (Å²) in [6.45, 7) is 8.62. The van der Waals surface area contributed by atoms with Gasteiger partial charge in [-0.05, 0) is 43.7 Å². The number of aliphatic hydroxyl groups is 1. The van der Waals surface area contributed by atoms with Crippen LogP contribution in [0.2, 0.25) is 0 Å². The van der Waals surface area contributed by atoms with Gasteiger partial charge in [0.15, 0.2) is 0 Å². The molecule has 1 atom stereocenters. The molecule has 0 bridgehead atoms. The molecule has 1 unspecified atom stereocenters. The Morgan fingerprint density at radius 2 is 2.05 bits per heavy atom. The van der Waals surface area contributed by atoms with E-state index in [1.807, 2.05) is 6.07 Å². The Balaban J connectivity index is 3.35. The number of benzene rings is 1. The van der Waals surface area contributed by atoms with Crippen LogP contribution in [0, 0.1) is 17.2 Å². The molecule has 1 aromatic carbocycles. The number of aliphatic hydroxyl groups excluding tert-OH is 1. The Labute approximate surface area is 129 Å². The van der Waals surface area contributed by atoms with Crippen LogP contribution in [-0.4, -0.2) is 32.2 Å². The number of nitriles is 1. The molecular weight excluding hydrogens is 281 g/mol. The minimum absolute atomic E-state index is 0.112. The maximum Gasteiger partial charge on any atom is 0.126 e. The lowest BCUT2D eigenvalue weighted by molar-refractivity contribution is 0.256. The first-order chi connectivity index (χ1) is 9.92. The van der Waals surface area contributed by atoms with Crippen LogP contribution in [0.25, 0.3) is 0 Å². The van der Waals surface area contributed by atoms with E-state index in [1.54, 1.807) is 7.11 Å².